The Bertz CT molecular complexity index is 796. The number of aryl methyl sites for hydroxylation is 2. The van der Waals surface area contributed by atoms with Crippen molar-refractivity contribution in [3.8, 4) is 11.3 Å². The van der Waals surface area contributed by atoms with E-state index in [1.807, 2.05) is 13.8 Å². The summed E-state index contributed by atoms with van der Waals surface area (Å²) in [6, 6.07) is 0. The molecule has 0 saturated carbocycles. The minimum absolute atomic E-state index is 0.251. The number of aromatic nitrogens is 3. The molecule has 0 aromatic carbocycles. The van der Waals surface area contributed by atoms with Gasteiger partial charge in [0, 0.05) is 25.5 Å². The Morgan fingerprint density at radius 3 is 2.65 bits per heavy atom. The maximum absolute atomic E-state index is 11.7. The lowest BCUT2D eigenvalue weighted by Crippen LogP contribution is -2.27. The summed E-state index contributed by atoms with van der Waals surface area (Å²) in [6.45, 7) is 4.85. The Morgan fingerprint density at radius 1 is 1.30 bits per heavy atom. The molecule has 0 spiro atoms. The summed E-state index contributed by atoms with van der Waals surface area (Å²) in [6.07, 6.45) is 6.11. The smallest absolute Gasteiger partial charge is 0.211 e. The van der Waals surface area contributed by atoms with Crippen LogP contribution in [0.5, 0.6) is 0 Å². The molecule has 2 aromatic rings. The van der Waals surface area contributed by atoms with E-state index in [0.29, 0.717) is 25.3 Å². The molecule has 1 fully saturated rings. The lowest BCUT2D eigenvalue weighted by molar-refractivity contribution is 0.393. The van der Waals surface area contributed by atoms with Gasteiger partial charge in [0.15, 0.2) is 0 Å². The molecule has 2 aromatic heterocycles. The van der Waals surface area contributed by atoms with Gasteiger partial charge in [-0.1, -0.05) is 5.16 Å². The zero-order chi connectivity index (χ0) is 16.6. The van der Waals surface area contributed by atoms with E-state index in [1.54, 1.807) is 12.4 Å². The highest BCUT2D eigenvalue weighted by Crippen LogP contribution is 2.30. The summed E-state index contributed by atoms with van der Waals surface area (Å²) in [5.41, 5.74) is 3.31. The van der Waals surface area contributed by atoms with Crippen LogP contribution in [0.3, 0.4) is 0 Å². The molecule has 1 saturated heterocycles. The van der Waals surface area contributed by atoms with Crippen LogP contribution in [0.2, 0.25) is 0 Å². The Morgan fingerprint density at radius 2 is 2.04 bits per heavy atom. The van der Waals surface area contributed by atoms with Crippen molar-refractivity contribution in [3.63, 3.8) is 0 Å². The first-order valence-corrected chi connectivity index (χ1v) is 9.39. The number of hydrogen-bond donors (Lipinski definition) is 0. The summed E-state index contributed by atoms with van der Waals surface area (Å²) >= 11 is 0. The molecule has 0 unspecified atom stereocenters. The minimum Gasteiger partial charge on any atom is -0.361 e. The van der Waals surface area contributed by atoms with Crippen LogP contribution in [0.4, 0.5) is 0 Å². The minimum atomic E-state index is -3.12. The lowest BCUT2D eigenvalue weighted by atomic mass is 9.98. The molecule has 23 heavy (non-hydrogen) atoms. The third kappa shape index (κ3) is 3.28. The molecule has 124 valence electrons. The van der Waals surface area contributed by atoms with Crippen molar-refractivity contribution in [2.75, 3.05) is 19.3 Å². The average Bonchev–Trinajstić information content (AvgIpc) is 3.07. The molecule has 7 nitrogen and oxygen atoms in total. The van der Waals surface area contributed by atoms with Gasteiger partial charge in [-0.15, -0.1) is 0 Å². The molecule has 0 bridgehead atoms. The first-order chi connectivity index (χ1) is 10.9. The average molecular weight is 336 g/mol. The van der Waals surface area contributed by atoms with Crippen molar-refractivity contribution in [3.05, 3.63) is 29.5 Å². The molecule has 0 N–H and O–H groups in total. The van der Waals surface area contributed by atoms with Gasteiger partial charge in [-0.2, -0.15) is 0 Å². The summed E-state index contributed by atoms with van der Waals surface area (Å²) in [5.74, 6) is 0.967. The van der Waals surface area contributed by atoms with E-state index in [1.165, 1.54) is 10.6 Å². The molecule has 1 atom stereocenters. The summed E-state index contributed by atoms with van der Waals surface area (Å²) in [5, 5.41) is 3.98. The third-order valence-corrected chi connectivity index (χ3v) is 5.51. The largest absolute Gasteiger partial charge is 0.361 e. The highest BCUT2D eigenvalue weighted by atomic mass is 32.2. The quantitative estimate of drug-likeness (QED) is 0.842. The molecule has 1 aliphatic heterocycles. The Kier molecular flexibility index (Phi) is 4.20. The van der Waals surface area contributed by atoms with Crippen LogP contribution < -0.4 is 0 Å². The zero-order valence-corrected chi connectivity index (χ0v) is 14.3. The van der Waals surface area contributed by atoms with Crippen molar-refractivity contribution in [2.24, 2.45) is 5.92 Å². The third-order valence-electron chi connectivity index (χ3n) is 4.24. The molecule has 3 heterocycles. The van der Waals surface area contributed by atoms with Crippen LogP contribution in [0.15, 0.2) is 16.9 Å². The lowest BCUT2D eigenvalue weighted by Gasteiger charge is -2.14. The molecule has 0 aliphatic carbocycles. The summed E-state index contributed by atoms with van der Waals surface area (Å²) in [4.78, 5) is 8.93. The van der Waals surface area contributed by atoms with Gasteiger partial charge in [-0.05, 0) is 32.6 Å². The molecule has 3 rings (SSSR count). The molecule has 0 amide bonds. The molecule has 0 radical (unpaired) electrons. The Labute approximate surface area is 135 Å². The van der Waals surface area contributed by atoms with Gasteiger partial charge in [-0.3, -0.25) is 9.97 Å². The number of rotatable bonds is 4. The maximum atomic E-state index is 11.7. The van der Waals surface area contributed by atoms with Crippen molar-refractivity contribution >= 4 is 10.0 Å². The van der Waals surface area contributed by atoms with Crippen molar-refractivity contribution in [2.45, 2.75) is 26.7 Å². The standard InChI is InChI=1S/C15H20N4O3S/c1-10-14(11(2)22-18-10)15-13(16-5-6-17-15)8-12-4-7-19(9-12)23(3,20)21/h5-6,12H,4,7-9H2,1-3H3/t12-/m0/s1. The SMILES string of the molecule is Cc1noc(C)c1-c1nccnc1C[C@@H]1CCN(S(C)(=O)=O)C1. The number of hydrogen-bond acceptors (Lipinski definition) is 6. The Balaban J connectivity index is 1.86. The second kappa shape index (κ2) is 6.01. The first kappa shape index (κ1) is 16.1. The van der Waals surface area contributed by atoms with E-state index in [0.717, 1.165) is 29.1 Å². The fraction of sp³-hybridized carbons (Fsp3) is 0.533. The van der Waals surface area contributed by atoms with E-state index < -0.39 is 10.0 Å². The molecule has 8 heteroatoms. The van der Waals surface area contributed by atoms with E-state index >= 15 is 0 Å². The van der Waals surface area contributed by atoms with Crippen molar-refractivity contribution in [1.82, 2.24) is 19.4 Å². The zero-order valence-electron chi connectivity index (χ0n) is 13.5. The number of sulfonamides is 1. The second-order valence-electron chi connectivity index (χ2n) is 6.03. The van der Waals surface area contributed by atoms with Crippen LogP contribution >= 0.6 is 0 Å². The van der Waals surface area contributed by atoms with Crippen LogP contribution in [0, 0.1) is 19.8 Å². The predicted octanol–water partition coefficient (Wildman–Crippen LogP) is 1.57. The summed E-state index contributed by atoms with van der Waals surface area (Å²) in [7, 11) is -3.12. The van der Waals surface area contributed by atoms with Crippen LogP contribution in [0.1, 0.15) is 23.6 Å². The van der Waals surface area contributed by atoms with Crippen LogP contribution in [-0.4, -0.2) is 47.2 Å². The Hall–Kier alpha value is -1.80. The fourth-order valence-electron chi connectivity index (χ4n) is 3.08. The van der Waals surface area contributed by atoms with Gasteiger partial charge in [0.2, 0.25) is 10.0 Å². The molecule has 1 aliphatic rings. The normalized spacial score (nSPS) is 19.3. The fourth-order valence-corrected chi connectivity index (χ4v) is 4.00. The van der Waals surface area contributed by atoms with Gasteiger partial charge in [0.1, 0.15) is 5.76 Å². The van der Waals surface area contributed by atoms with Crippen LogP contribution in [-0.2, 0) is 16.4 Å². The van der Waals surface area contributed by atoms with Gasteiger partial charge in [-0.25, -0.2) is 12.7 Å². The highest BCUT2D eigenvalue weighted by molar-refractivity contribution is 7.88. The topological polar surface area (TPSA) is 89.2 Å². The van der Waals surface area contributed by atoms with E-state index in [4.69, 9.17) is 4.52 Å². The van der Waals surface area contributed by atoms with Gasteiger partial charge < -0.3 is 4.52 Å². The van der Waals surface area contributed by atoms with E-state index in [2.05, 4.69) is 15.1 Å². The van der Waals surface area contributed by atoms with Crippen molar-refractivity contribution in [1.29, 1.82) is 0 Å². The monoisotopic (exact) mass is 336 g/mol. The van der Waals surface area contributed by atoms with Crippen LogP contribution in [0.25, 0.3) is 11.3 Å². The predicted molar refractivity (Wildman–Crippen MR) is 85.2 cm³/mol. The molecular formula is C15H20N4O3S. The van der Waals surface area contributed by atoms with Gasteiger partial charge >= 0.3 is 0 Å². The summed E-state index contributed by atoms with van der Waals surface area (Å²) < 4.78 is 30.1. The highest BCUT2D eigenvalue weighted by Gasteiger charge is 2.30. The van der Waals surface area contributed by atoms with Gasteiger partial charge in [0.25, 0.3) is 0 Å². The van der Waals surface area contributed by atoms with Crippen molar-refractivity contribution < 1.29 is 12.9 Å². The van der Waals surface area contributed by atoms with E-state index in [9.17, 15) is 8.42 Å². The number of nitrogens with zero attached hydrogens (tertiary/aromatic N) is 4. The second-order valence-corrected chi connectivity index (χ2v) is 8.01. The van der Waals surface area contributed by atoms with E-state index in [-0.39, 0.29) is 5.92 Å². The first-order valence-electron chi connectivity index (χ1n) is 7.54. The maximum Gasteiger partial charge on any atom is 0.211 e. The molecular weight excluding hydrogens is 316 g/mol. The van der Waals surface area contributed by atoms with Gasteiger partial charge in [0.05, 0.1) is 28.9 Å².